The van der Waals surface area contributed by atoms with Gasteiger partial charge in [0, 0.05) is 18.6 Å². The molecular formula is C12H21N3O. The molecular weight excluding hydrogens is 202 g/mol. The van der Waals surface area contributed by atoms with Crippen molar-refractivity contribution in [2.45, 2.75) is 43.8 Å². The summed E-state index contributed by atoms with van der Waals surface area (Å²) in [5.41, 5.74) is -0.289. The van der Waals surface area contributed by atoms with Crippen molar-refractivity contribution in [1.82, 2.24) is 10.2 Å². The number of hydrogen-bond donors (Lipinski definition) is 1. The molecule has 2 aliphatic rings. The standard InChI is InChI=1S/C12H21N3O/c1-10-8-16-6-5-15(10)11-3-4-12(7-11,9-13)14-2/h10-11,14H,3-8H2,1-2H3. The molecule has 0 bridgehead atoms. The minimum atomic E-state index is -0.289. The fourth-order valence-corrected chi connectivity index (χ4v) is 2.97. The highest BCUT2D eigenvalue weighted by Gasteiger charge is 2.41. The van der Waals surface area contributed by atoms with Crippen LogP contribution in [0.2, 0.25) is 0 Å². The number of nitrogens with one attached hydrogen (secondary N) is 1. The molecule has 3 unspecified atom stereocenters. The first-order valence-electron chi connectivity index (χ1n) is 6.14. The van der Waals surface area contributed by atoms with Crippen LogP contribution in [0.5, 0.6) is 0 Å². The summed E-state index contributed by atoms with van der Waals surface area (Å²) >= 11 is 0. The Bertz CT molecular complexity index is 288. The number of rotatable bonds is 2. The molecule has 0 radical (unpaired) electrons. The monoisotopic (exact) mass is 223 g/mol. The molecule has 0 aromatic carbocycles. The van der Waals surface area contributed by atoms with E-state index in [2.05, 4.69) is 23.2 Å². The van der Waals surface area contributed by atoms with E-state index in [1.54, 1.807) is 0 Å². The second kappa shape index (κ2) is 4.70. The largest absolute Gasteiger partial charge is 0.379 e. The lowest BCUT2D eigenvalue weighted by atomic mass is 9.99. The van der Waals surface area contributed by atoms with Gasteiger partial charge >= 0.3 is 0 Å². The zero-order valence-corrected chi connectivity index (χ0v) is 10.2. The van der Waals surface area contributed by atoms with Crippen LogP contribution in [0, 0.1) is 11.3 Å². The van der Waals surface area contributed by atoms with Crippen LogP contribution in [0.3, 0.4) is 0 Å². The molecule has 2 rings (SSSR count). The van der Waals surface area contributed by atoms with Crippen molar-refractivity contribution in [3.63, 3.8) is 0 Å². The van der Waals surface area contributed by atoms with Crippen LogP contribution >= 0.6 is 0 Å². The third-order valence-electron chi connectivity index (χ3n) is 4.07. The lowest BCUT2D eigenvalue weighted by Crippen LogP contribution is -2.50. The Morgan fingerprint density at radius 1 is 1.56 bits per heavy atom. The van der Waals surface area contributed by atoms with Gasteiger partial charge in [-0.1, -0.05) is 0 Å². The van der Waals surface area contributed by atoms with Crippen LogP contribution in [0.4, 0.5) is 0 Å². The second-order valence-electron chi connectivity index (χ2n) is 5.00. The predicted octanol–water partition coefficient (Wildman–Crippen LogP) is 0.741. The van der Waals surface area contributed by atoms with Crippen LogP contribution in [0.15, 0.2) is 0 Å². The van der Waals surface area contributed by atoms with E-state index in [4.69, 9.17) is 4.74 Å². The Morgan fingerprint density at radius 2 is 2.38 bits per heavy atom. The normalized spacial score (nSPS) is 40.8. The summed E-state index contributed by atoms with van der Waals surface area (Å²) in [5, 5.41) is 12.4. The lowest BCUT2D eigenvalue weighted by Gasteiger charge is -2.38. The predicted molar refractivity (Wildman–Crippen MR) is 62.0 cm³/mol. The first kappa shape index (κ1) is 11.8. The third kappa shape index (κ3) is 2.08. The summed E-state index contributed by atoms with van der Waals surface area (Å²) < 4.78 is 5.45. The molecule has 0 amide bonds. The molecule has 0 aromatic heterocycles. The van der Waals surface area contributed by atoms with Crippen LogP contribution in [0.1, 0.15) is 26.2 Å². The Kier molecular flexibility index (Phi) is 3.48. The summed E-state index contributed by atoms with van der Waals surface area (Å²) in [4.78, 5) is 2.51. The maximum absolute atomic E-state index is 9.24. The molecule has 1 saturated heterocycles. The molecule has 0 spiro atoms. The molecule has 4 heteroatoms. The lowest BCUT2D eigenvalue weighted by molar-refractivity contribution is -0.0214. The van der Waals surface area contributed by atoms with Gasteiger partial charge in [-0.25, -0.2) is 0 Å². The molecule has 1 aliphatic carbocycles. The highest BCUT2D eigenvalue weighted by molar-refractivity contribution is 5.13. The second-order valence-corrected chi connectivity index (χ2v) is 5.00. The summed E-state index contributed by atoms with van der Waals surface area (Å²) in [6.07, 6.45) is 3.04. The fraction of sp³-hybridized carbons (Fsp3) is 0.917. The third-order valence-corrected chi connectivity index (χ3v) is 4.07. The van der Waals surface area contributed by atoms with E-state index >= 15 is 0 Å². The first-order valence-corrected chi connectivity index (χ1v) is 6.14. The van der Waals surface area contributed by atoms with Crippen molar-refractivity contribution < 1.29 is 4.74 Å². The number of ether oxygens (including phenoxy) is 1. The highest BCUT2D eigenvalue weighted by Crippen LogP contribution is 2.33. The maximum Gasteiger partial charge on any atom is 0.108 e. The van der Waals surface area contributed by atoms with E-state index in [-0.39, 0.29) is 5.54 Å². The van der Waals surface area contributed by atoms with Crippen LogP contribution in [-0.4, -0.2) is 49.3 Å². The Hall–Kier alpha value is -0.630. The van der Waals surface area contributed by atoms with E-state index in [0.717, 1.165) is 39.0 Å². The van der Waals surface area contributed by atoms with E-state index in [1.807, 2.05) is 7.05 Å². The van der Waals surface area contributed by atoms with Gasteiger partial charge in [-0.2, -0.15) is 5.26 Å². The zero-order chi connectivity index (χ0) is 11.6. The number of nitriles is 1. The molecule has 90 valence electrons. The Morgan fingerprint density at radius 3 is 2.94 bits per heavy atom. The van der Waals surface area contributed by atoms with Crippen molar-refractivity contribution in [1.29, 1.82) is 5.26 Å². The van der Waals surface area contributed by atoms with Crippen molar-refractivity contribution in [3.05, 3.63) is 0 Å². The quantitative estimate of drug-likeness (QED) is 0.750. The molecule has 3 atom stereocenters. The molecule has 4 nitrogen and oxygen atoms in total. The smallest absolute Gasteiger partial charge is 0.108 e. The summed E-state index contributed by atoms with van der Waals surface area (Å²) in [7, 11) is 1.90. The molecule has 2 fully saturated rings. The highest BCUT2D eigenvalue weighted by atomic mass is 16.5. The average Bonchev–Trinajstić information content (AvgIpc) is 2.75. The molecule has 1 saturated carbocycles. The van der Waals surface area contributed by atoms with Gasteiger partial charge < -0.3 is 10.1 Å². The Labute approximate surface area is 97.6 Å². The summed E-state index contributed by atoms with van der Waals surface area (Å²) in [6, 6.07) is 3.48. The van der Waals surface area contributed by atoms with E-state index in [1.165, 1.54) is 0 Å². The summed E-state index contributed by atoms with van der Waals surface area (Å²) in [6.45, 7) is 4.89. The fourth-order valence-electron chi connectivity index (χ4n) is 2.97. The van der Waals surface area contributed by atoms with E-state index < -0.39 is 0 Å². The topological polar surface area (TPSA) is 48.3 Å². The molecule has 1 aliphatic heterocycles. The Balaban J connectivity index is 2.00. The number of morpholine rings is 1. The maximum atomic E-state index is 9.24. The van der Waals surface area contributed by atoms with Gasteiger partial charge in [-0.05, 0) is 33.2 Å². The van der Waals surface area contributed by atoms with Gasteiger partial charge in [0.15, 0.2) is 0 Å². The number of nitrogens with zero attached hydrogens (tertiary/aromatic N) is 2. The minimum absolute atomic E-state index is 0.289. The molecule has 16 heavy (non-hydrogen) atoms. The first-order chi connectivity index (χ1) is 7.71. The molecule has 0 aromatic rings. The molecule has 1 N–H and O–H groups in total. The van der Waals surface area contributed by atoms with E-state index in [9.17, 15) is 5.26 Å². The van der Waals surface area contributed by atoms with Crippen LogP contribution < -0.4 is 5.32 Å². The van der Waals surface area contributed by atoms with E-state index in [0.29, 0.717) is 12.1 Å². The van der Waals surface area contributed by atoms with Crippen LogP contribution in [-0.2, 0) is 4.74 Å². The van der Waals surface area contributed by atoms with Crippen molar-refractivity contribution in [3.8, 4) is 6.07 Å². The van der Waals surface area contributed by atoms with Gasteiger partial charge in [-0.15, -0.1) is 0 Å². The minimum Gasteiger partial charge on any atom is -0.379 e. The van der Waals surface area contributed by atoms with Gasteiger partial charge in [0.05, 0.1) is 19.3 Å². The van der Waals surface area contributed by atoms with Crippen molar-refractivity contribution >= 4 is 0 Å². The zero-order valence-electron chi connectivity index (χ0n) is 10.2. The van der Waals surface area contributed by atoms with Gasteiger partial charge in [-0.3, -0.25) is 4.90 Å². The van der Waals surface area contributed by atoms with Crippen molar-refractivity contribution in [2.75, 3.05) is 26.8 Å². The number of hydrogen-bond acceptors (Lipinski definition) is 4. The SMILES string of the molecule is CNC1(C#N)CCC(N2CCOCC2C)C1. The van der Waals surface area contributed by atoms with Gasteiger partial charge in [0.1, 0.15) is 5.54 Å². The van der Waals surface area contributed by atoms with Gasteiger partial charge in [0.25, 0.3) is 0 Å². The summed E-state index contributed by atoms with van der Waals surface area (Å²) in [5.74, 6) is 0. The van der Waals surface area contributed by atoms with Gasteiger partial charge in [0.2, 0.25) is 0 Å². The van der Waals surface area contributed by atoms with Crippen molar-refractivity contribution in [2.24, 2.45) is 0 Å². The van der Waals surface area contributed by atoms with Crippen LogP contribution in [0.25, 0.3) is 0 Å². The average molecular weight is 223 g/mol. The molecule has 1 heterocycles.